The number of hydrogen-bond acceptors (Lipinski definition) is 3. The zero-order chi connectivity index (χ0) is 12.7. The Morgan fingerprint density at radius 3 is 2.35 bits per heavy atom. The Balaban J connectivity index is 2.36. The van der Waals surface area contributed by atoms with Gasteiger partial charge in [0.25, 0.3) is 0 Å². The van der Waals surface area contributed by atoms with E-state index in [1.807, 2.05) is 0 Å². The molecule has 0 saturated heterocycles. The molecule has 0 aromatic heterocycles. The van der Waals surface area contributed by atoms with Crippen molar-refractivity contribution in [3.63, 3.8) is 0 Å². The van der Waals surface area contributed by atoms with E-state index in [-0.39, 0.29) is 5.91 Å². The van der Waals surface area contributed by atoms with Crippen molar-refractivity contribution in [2.24, 2.45) is 0 Å². The minimum absolute atomic E-state index is 0.126. The first kappa shape index (κ1) is 14.5. The standard InChI is InChI=1S/C13H27N3O/c1-4-15-11-6-8-12(9-7-11)16(5-2)10-13(17)14-3/h11-12,15H,4-10H2,1-3H3,(H,14,17). The normalized spacial score (nSPS) is 24.9. The number of carbonyl (C=O) groups excluding carboxylic acids is 1. The van der Waals surface area contributed by atoms with Crippen molar-refractivity contribution in [2.75, 3.05) is 26.7 Å². The SMILES string of the molecule is CCNC1CCC(N(CC)CC(=O)NC)CC1. The van der Waals surface area contributed by atoms with Gasteiger partial charge >= 0.3 is 0 Å². The molecule has 4 heteroatoms. The average molecular weight is 241 g/mol. The molecule has 4 nitrogen and oxygen atoms in total. The molecule has 1 rings (SSSR count). The predicted molar refractivity (Wildman–Crippen MR) is 71.0 cm³/mol. The Kier molecular flexibility index (Phi) is 6.52. The summed E-state index contributed by atoms with van der Waals surface area (Å²) in [6.07, 6.45) is 4.90. The summed E-state index contributed by atoms with van der Waals surface area (Å²) in [5.41, 5.74) is 0. The van der Waals surface area contributed by atoms with E-state index in [0.717, 1.165) is 13.1 Å². The summed E-state index contributed by atoms with van der Waals surface area (Å²) in [4.78, 5) is 13.7. The van der Waals surface area contributed by atoms with Crippen molar-refractivity contribution in [3.05, 3.63) is 0 Å². The molecule has 0 radical (unpaired) electrons. The van der Waals surface area contributed by atoms with Gasteiger partial charge in [-0.1, -0.05) is 13.8 Å². The van der Waals surface area contributed by atoms with Gasteiger partial charge < -0.3 is 10.6 Å². The molecule has 0 aromatic rings. The van der Waals surface area contributed by atoms with Crippen molar-refractivity contribution >= 4 is 5.91 Å². The smallest absolute Gasteiger partial charge is 0.233 e. The lowest BCUT2D eigenvalue weighted by Gasteiger charge is -2.36. The van der Waals surface area contributed by atoms with Crippen LogP contribution in [0.4, 0.5) is 0 Å². The van der Waals surface area contributed by atoms with Crippen LogP contribution in [0.3, 0.4) is 0 Å². The molecule has 0 bridgehead atoms. The van der Waals surface area contributed by atoms with Crippen molar-refractivity contribution < 1.29 is 4.79 Å². The molecule has 100 valence electrons. The number of likely N-dealkylation sites (N-methyl/N-ethyl adjacent to an activating group) is 2. The molecule has 2 N–H and O–H groups in total. The molecule has 1 aliphatic rings. The maximum Gasteiger partial charge on any atom is 0.233 e. The minimum atomic E-state index is 0.126. The van der Waals surface area contributed by atoms with Gasteiger partial charge in [-0.3, -0.25) is 9.69 Å². The number of hydrogen-bond donors (Lipinski definition) is 2. The molecule has 0 heterocycles. The molecular formula is C13H27N3O. The van der Waals surface area contributed by atoms with E-state index in [9.17, 15) is 4.79 Å². The number of carbonyl (C=O) groups is 1. The fraction of sp³-hybridized carbons (Fsp3) is 0.923. The summed E-state index contributed by atoms with van der Waals surface area (Å²) in [7, 11) is 1.71. The van der Waals surface area contributed by atoms with E-state index in [1.165, 1.54) is 25.7 Å². The van der Waals surface area contributed by atoms with E-state index in [1.54, 1.807) is 7.05 Å². The van der Waals surface area contributed by atoms with Crippen LogP contribution in [0.2, 0.25) is 0 Å². The van der Waals surface area contributed by atoms with Gasteiger partial charge in [-0.25, -0.2) is 0 Å². The number of nitrogens with one attached hydrogen (secondary N) is 2. The summed E-state index contributed by atoms with van der Waals surface area (Å²) < 4.78 is 0. The van der Waals surface area contributed by atoms with Gasteiger partial charge in [0.05, 0.1) is 6.54 Å². The van der Waals surface area contributed by atoms with Gasteiger partial charge in [-0.05, 0) is 38.8 Å². The molecule has 0 atom stereocenters. The third kappa shape index (κ3) is 4.64. The van der Waals surface area contributed by atoms with Crippen LogP contribution in [-0.2, 0) is 4.79 Å². The van der Waals surface area contributed by atoms with Crippen LogP contribution in [0.15, 0.2) is 0 Å². The Bertz CT molecular complexity index is 225. The van der Waals surface area contributed by atoms with E-state index >= 15 is 0 Å². The average Bonchev–Trinajstić information content (AvgIpc) is 2.37. The molecule has 1 amide bonds. The van der Waals surface area contributed by atoms with Crippen molar-refractivity contribution in [2.45, 2.75) is 51.6 Å². The summed E-state index contributed by atoms with van der Waals surface area (Å²) >= 11 is 0. The molecule has 17 heavy (non-hydrogen) atoms. The molecule has 1 aliphatic carbocycles. The van der Waals surface area contributed by atoms with Crippen molar-refractivity contribution in [1.82, 2.24) is 15.5 Å². The van der Waals surface area contributed by atoms with Crippen LogP contribution >= 0.6 is 0 Å². The van der Waals surface area contributed by atoms with E-state index in [2.05, 4.69) is 29.4 Å². The van der Waals surface area contributed by atoms with Crippen molar-refractivity contribution in [3.8, 4) is 0 Å². The number of rotatable bonds is 6. The van der Waals surface area contributed by atoms with Crippen LogP contribution in [0, 0.1) is 0 Å². The predicted octanol–water partition coefficient (Wildman–Crippen LogP) is 0.975. The van der Waals surface area contributed by atoms with Crippen molar-refractivity contribution in [1.29, 1.82) is 0 Å². The van der Waals surface area contributed by atoms with E-state index < -0.39 is 0 Å². The molecular weight excluding hydrogens is 214 g/mol. The Morgan fingerprint density at radius 1 is 1.24 bits per heavy atom. The second-order valence-corrected chi connectivity index (χ2v) is 4.80. The molecule has 1 saturated carbocycles. The quantitative estimate of drug-likeness (QED) is 0.728. The Hall–Kier alpha value is -0.610. The van der Waals surface area contributed by atoms with E-state index in [4.69, 9.17) is 0 Å². The first-order valence-corrected chi connectivity index (χ1v) is 6.89. The lowest BCUT2D eigenvalue weighted by molar-refractivity contribution is -0.122. The molecule has 0 unspecified atom stereocenters. The second-order valence-electron chi connectivity index (χ2n) is 4.80. The highest BCUT2D eigenvalue weighted by molar-refractivity contribution is 5.77. The maximum absolute atomic E-state index is 11.4. The van der Waals surface area contributed by atoms with Gasteiger partial charge in [0.2, 0.25) is 5.91 Å². The zero-order valence-electron chi connectivity index (χ0n) is 11.5. The zero-order valence-corrected chi connectivity index (χ0v) is 11.5. The highest BCUT2D eigenvalue weighted by Gasteiger charge is 2.25. The molecule has 0 aromatic carbocycles. The fourth-order valence-electron chi connectivity index (χ4n) is 2.70. The first-order chi connectivity index (χ1) is 8.21. The number of nitrogens with zero attached hydrogens (tertiary/aromatic N) is 1. The monoisotopic (exact) mass is 241 g/mol. The summed E-state index contributed by atoms with van der Waals surface area (Å²) in [5.74, 6) is 0.126. The minimum Gasteiger partial charge on any atom is -0.358 e. The number of amides is 1. The Morgan fingerprint density at radius 2 is 1.88 bits per heavy atom. The van der Waals surface area contributed by atoms with Crippen LogP contribution in [0.5, 0.6) is 0 Å². The second kappa shape index (κ2) is 7.67. The third-order valence-electron chi connectivity index (χ3n) is 3.74. The van der Waals surface area contributed by atoms with Gasteiger partial charge in [0.15, 0.2) is 0 Å². The van der Waals surface area contributed by atoms with Crippen LogP contribution < -0.4 is 10.6 Å². The topological polar surface area (TPSA) is 44.4 Å². The largest absolute Gasteiger partial charge is 0.358 e. The summed E-state index contributed by atoms with van der Waals surface area (Å²) in [5, 5.41) is 6.22. The fourth-order valence-corrected chi connectivity index (χ4v) is 2.70. The summed E-state index contributed by atoms with van der Waals surface area (Å²) in [6, 6.07) is 1.28. The lowest BCUT2D eigenvalue weighted by atomic mass is 9.90. The van der Waals surface area contributed by atoms with E-state index in [0.29, 0.717) is 18.6 Å². The molecule has 1 fully saturated rings. The maximum atomic E-state index is 11.4. The molecule has 0 aliphatic heterocycles. The van der Waals surface area contributed by atoms with Crippen LogP contribution in [0.1, 0.15) is 39.5 Å². The van der Waals surface area contributed by atoms with Crippen LogP contribution in [0.25, 0.3) is 0 Å². The summed E-state index contributed by atoms with van der Waals surface area (Å²) in [6.45, 7) is 6.87. The first-order valence-electron chi connectivity index (χ1n) is 6.89. The van der Waals surface area contributed by atoms with Gasteiger partial charge in [0, 0.05) is 19.1 Å². The van der Waals surface area contributed by atoms with Gasteiger partial charge in [-0.2, -0.15) is 0 Å². The lowest BCUT2D eigenvalue weighted by Crippen LogP contribution is -2.45. The molecule has 0 spiro atoms. The third-order valence-corrected chi connectivity index (χ3v) is 3.74. The highest BCUT2D eigenvalue weighted by atomic mass is 16.1. The Labute approximate surface area is 105 Å². The highest BCUT2D eigenvalue weighted by Crippen LogP contribution is 2.22. The van der Waals surface area contributed by atoms with Crippen LogP contribution in [-0.4, -0.2) is 49.6 Å². The van der Waals surface area contributed by atoms with Gasteiger partial charge in [0.1, 0.15) is 0 Å². The van der Waals surface area contributed by atoms with Gasteiger partial charge in [-0.15, -0.1) is 0 Å².